The molecule has 2 heterocycles. The first-order chi connectivity index (χ1) is 11.4. The number of aromatic nitrogens is 1. The van der Waals surface area contributed by atoms with Gasteiger partial charge in [-0.15, -0.1) is 0 Å². The minimum absolute atomic E-state index is 0.143. The van der Waals surface area contributed by atoms with Gasteiger partial charge in [0, 0.05) is 12.7 Å². The van der Waals surface area contributed by atoms with E-state index >= 15 is 0 Å². The number of pyridine rings is 1. The fraction of sp³-hybridized carbons (Fsp3) is 0.389. The van der Waals surface area contributed by atoms with Gasteiger partial charge < -0.3 is 4.98 Å². The van der Waals surface area contributed by atoms with Crippen LogP contribution in [-0.4, -0.2) is 24.3 Å². The molecule has 1 aliphatic heterocycles. The summed E-state index contributed by atoms with van der Waals surface area (Å²) in [5.41, 5.74) is 3.01. The zero-order valence-electron chi connectivity index (χ0n) is 14.0. The minimum Gasteiger partial charge on any atom is -0.352 e. The smallest absolute Gasteiger partial charge is 0.243 e. The molecule has 4 nitrogen and oxygen atoms in total. The van der Waals surface area contributed by atoms with Crippen molar-refractivity contribution in [3.8, 4) is 0 Å². The fourth-order valence-electron chi connectivity index (χ4n) is 3.18. The van der Waals surface area contributed by atoms with Crippen molar-refractivity contribution in [2.45, 2.75) is 44.0 Å². The average molecular weight is 363 g/mol. The number of hydrogen-bond donors (Lipinski definition) is 1. The Hall–Kier alpha value is -1.50. The van der Waals surface area contributed by atoms with Crippen LogP contribution in [0.2, 0.25) is 0 Å². The highest BCUT2D eigenvalue weighted by Crippen LogP contribution is 2.35. The summed E-state index contributed by atoms with van der Waals surface area (Å²) in [4.78, 5) is 3.44. The first-order valence-electron chi connectivity index (χ1n) is 8.17. The largest absolute Gasteiger partial charge is 0.352 e. The average Bonchev–Trinajstić information content (AvgIpc) is 2.58. The van der Waals surface area contributed by atoms with Gasteiger partial charge in [-0.05, 0) is 49.9 Å². The van der Waals surface area contributed by atoms with E-state index in [2.05, 4.69) is 4.98 Å². The first kappa shape index (κ1) is 17.3. The van der Waals surface area contributed by atoms with Gasteiger partial charge in [0.1, 0.15) is 4.64 Å². The molecule has 1 fully saturated rings. The van der Waals surface area contributed by atoms with E-state index < -0.39 is 10.0 Å². The van der Waals surface area contributed by atoms with Gasteiger partial charge in [-0.25, -0.2) is 8.42 Å². The van der Waals surface area contributed by atoms with E-state index in [1.54, 1.807) is 16.4 Å². The predicted octanol–water partition coefficient (Wildman–Crippen LogP) is 4.28. The number of nitrogens with zero attached hydrogens (tertiary/aromatic N) is 1. The van der Waals surface area contributed by atoms with Gasteiger partial charge in [0.25, 0.3) is 0 Å². The summed E-state index contributed by atoms with van der Waals surface area (Å²) in [6.45, 7) is 4.45. The number of H-pyrrole nitrogens is 1. The van der Waals surface area contributed by atoms with Crippen molar-refractivity contribution >= 4 is 22.2 Å². The molecule has 1 aliphatic rings. The lowest BCUT2D eigenvalue weighted by atomic mass is 9.98. The quantitative estimate of drug-likeness (QED) is 0.829. The maximum absolute atomic E-state index is 13.1. The minimum atomic E-state index is -3.51. The third-order valence-corrected chi connectivity index (χ3v) is 6.94. The predicted molar refractivity (Wildman–Crippen MR) is 98.0 cm³/mol. The van der Waals surface area contributed by atoms with Crippen molar-refractivity contribution < 1.29 is 8.42 Å². The molecule has 6 heteroatoms. The molecule has 1 N–H and O–H groups in total. The molecule has 0 spiro atoms. The maximum Gasteiger partial charge on any atom is 0.243 e. The van der Waals surface area contributed by atoms with Gasteiger partial charge in [0.15, 0.2) is 0 Å². The SMILES string of the molecule is Cc1ccc(S(=O)(=O)N2CCCCC2c2c[nH]c(=S)c(C)c2)cc1. The van der Waals surface area contributed by atoms with E-state index in [9.17, 15) is 8.42 Å². The molecule has 1 unspecified atom stereocenters. The van der Waals surface area contributed by atoms with Gasteiger partial charge in [0.2, 0.25) is 10.0 Å². The van der Waals surface area contributed by atoms with Crippen LogP contribution in [0.4, 0.5) is 0 Å². The molecule has 0 aliphatic carbocycles. The van der Waals surface area contributed by atoms with Gasteiger partial charge in [-0.2, -0.15) is 4.31 Å². The topological polar surface area (TPSA) is 53.2 Å². The summed E-state index contributed by atoms with van der Waals surface area (Å²) in [6, 6.07) is 8.94. The Morgan fingerprint density at radius 2 is 1.88 bits per heavy atom. The molecule has 0 bridgehead atoms. The number of aryl methyl sites for hydroxylation is 2. The summed E-state index contributed by atoms with van der Waals surface area (Å²) in [7, 11) is -3.51. The van der Waals surface area contributed by atoms with E-state index in [0.717, 1.165) is 36.0 Å². The third-order valence-electron chi connectivity index (χ3n) is 4.58. The number of piperidine rings is 1. The van der Waals surface area contributed by atoms with E-state index in [0.29, 0.717) is 16.1 Å². The lowest BCUT2D eigenvalue weighted by Gasteiger charge is -2.35. The van der Waals surface area contributed by atoms with Gasteiger partial charge in [0.05, 0.1) is 10.9 Å². The Kier molecular flexibility index (Phi) is 4.90. The molecule has 0 radical (unpaired) electrons. The van der Waals surface area contributed by atoms with Crippen LogP contribution < -0.4 is 0 Å². The second kappa shape index (κ2) is 6.78. The van der Waals surface area contributed by atoms with E-state index in [1.807, 2.05) is 38.2 Å². The number of rotatable bonds is 3. The zero-order chi connectivity index (χ0) is 17.3. The maximum atomic E-state index is 13.1. The van der Waals surface area contributed by atoms with Crippen molar-refractivity contribution in [2.24, 2.45) is 0 Å². The van der Waals surface area contributed by atoms with Gasteiger partial charge >= 0.3 is 0 Å². The highest BCUT2D eigenvalue weighted by atomic mass is 32.2. The van der Waals surface area contributed by atoms with Crippen LogP contribution in [0.1, 0.15) is 42.0 Å². The molecule has 0 saturated carbocycles. The molecule has 3 rings (SSSR count). The lowest BCUT2D eigenvalue weighted by molar-refractivity contribution is 0.255. The standard InChI is InChI=1S/C18H22N2O2S2/c1-13-6-8-16(9-7-13)24(21,22)20-10-4-3-5-17(20)15-11-14(2)18(23)19-12-15/h6-9,11-12,17H,3-5,10H2,1-2H3,(H,19,23). The van der Waals surface area contributed by atoms with Crippen molar-refractivity contribution in [2.75, 3.05) is 6.54 Å². The second-order valence-electron chi connectivity index (χ2n) is 6.39. The summed E-state index contributed by atoms with van der Waals surface area (Å²) >= 11 is 5.22. The molecule has 1 atom stereocenters. The van der Waals surface area contributed by atoms with Gasteiger partial charge in [-0.3, -0.25) is 0 Å². The van der Waals surface area contributed by atoms with Crippen molar-refractivity contribution in [3.63, 3.8) is 0 Å². The Bertz CT molecular complexity index is 886. The highest BCUT2D eigenvalue weighted by molar-refractivity contribution is 7.89. The number of hydrogen-bond acceptors (Lipinski definition) is 3. The van der Waals surface area contributed by atoms with E-state index in [1.165, 1.54) is 0 Å². The molecule has 128 valence electrons. The zero-order valence-corrected chi connectivity index (χ0v) is 15.6. The normalized spacial score (nSPS) is 19.3. The Morgan fingerprint density at radius 3 is 2.54 bits per heavy atom. The summed E-state index contributed by atoms with van der Waals surface area (Å²) in [6.07, 6.45) is 4.60. The molecule has 1 aromatic heterocycles. The molecular formula is C18H22N2O2S2. The fourth-order valence-corrected chi connectivity index (χ4v) is 4.98. The summed E-state index contributed by atoms with van der Waals surface area (Å²) in [5, 5.41) is 0. The van der Waals surface area contributed by atoms with Crippen LogP contribution >= 0.6 is 12.2 Å². The Labute approximate surface area is 148 Å². The Balaban J connectivity index is 2.01. The summed E-state index contributed by atoms with van der Waals surface area (Å²) < 4.78 is 28.6. The summed E-state index contributed by atoms with van der Waals surface area (Å²) in [5.74, 6) is 0. The van der Waals surface area contributed by atoms with Crippen molar-refractivity contribution in [1.82, 2.24) is 9.29 Å². The number of benzene rings is 1. The Morgan fingerprint density at radius 1 is 1.17 bits per heavy atom. The van der Waals surface area contributed by atoms with E-state index in [4.69, 9.17) is 12.2 Å². The number of sulfonamides is 1. The lowest BCUT2D eigenvalue weighted by Crippen LogP contribution is -2.38. The molecule has 1 aromatic carbocycles. The molecular weight excluding hydrogens is 340 g/mol. The first-order valence-corrected chi connectivity index (χ1v) is 10.0. The molecule has 0 amide bonds. The van der Waals surface area contributed by atoms with Crippen LogP contribution in [0, 0.1) is 18.5 Å². The van der Waals surface area contributed by atoms with Crippen molar-refractivity contribution in [3.05, 3.63) is 57.9 Å². The molecule has 2 aromatic rings. The number of nitrogens with one attached hydrogen (secondary N) is 1. The van der Waals surface area contributed by atoms with Crippen LogP contribution in [0.3, 0.4) is 0 Å². The van der Waals surface area contributed by atoms with Crippen LogP contribution in [0.5, 0.6) is 0 Å². The molecule has 24 heavy (non-hydrogen) atoms. The number of aromatic amines is 1. The highest BCUT2D eigenvalue weighted by Gasteiger charge is 2.34. The van der Waals surface area contributed by atoms with Crippen LogP contribution in [-0.2, 0) is 10.0 Å². The second-order valence-corrected chi connectivity index (χ2v) is 8.68. The van der Waals surface area contributed by atoms with Crippen molar-refractivity contribution in [1.29, 1.82) is 0 Å². The molecule has 1 saturated heterocycles. The van der Waals surface area contributed by atoms with E-state index in [-0.39, 0.29) is 6.04 Å². The van der Waals surface area contributed by atoms with Crippen LogP contribution in [0.15, 0.2) is 41.4 Å². The third kappa shape index (κ3) is 3.31. The monoisotopic (exact) mass is 362 g/mol. The van der Waals surface area contributed by atoms with Gasteiger partial charge in [-0.1, -0.05) is 42.4 Å². The van der Waals surface area contributed by atoms with Crippen LogP contribution in [0.25, 0.3) is 0 Å².